The van der Waals surface area contributed by atoms with Crippen LogP contribution in [0, 0.1) is 0 Å². The number of nitrogens with zero attached hydrogens (tertiary/aromatic N) is 2. The highest BCUT2D eigenvalue weighted by atomic mass is 16.5. The van der Waals surface area contributed by atoms with Gasteiger partial charge in [0, 0.05) is 39.6 Å². The summed E-state index contributed by atoms with van der Waals surface area (Å²) in [6, 6.07) is 14.6. The van der Waals surface area contributed by atoms with Gasteiger partial charge in [0.15, 0.2) is 0 Å². The van der Waals surface area contributed by atoms with Crippen molar-refractivity contribution in [1.82, 2.24) is 15.1 Å². The average Bonchev–Trinajstić information content (AvgIpc) is 2.84. The van der Waals surface area contributed by atoms with E-state index in [1.807, 2.05) is 53.4 Å². The van der Waals surface area contributed by atoms with E-state index in [0.29, 0.717) is 19.7 Å². The van der Waals surface area contributed by atoms with Crippen molar-refractivity contribution in [3.63, 3.8) is 0 Å². The molecule has 33 heavy (non-hydrogen) atoms. The Bertz CT molecular complexity index is 893. The summed E-state index contributed by atoms with van der Waals surface area (Å²) in [7, 11) is 3.24. The van der Waals surface area contributed by atoms with Crippen LogP contribution in [0.2, 0.25) is 0 Å². The smallest absolute Gasteiger partial charge is 0.225 e. The zero-order valence-corrected chi connectivity index (χ0v) is 19.6. The molecule has 1 N–H and O–H groups in total. The van der Waals surface area contributed by atoms with Gasteiger partial charge in [-0.15, -0.1) is 0 Å². The highest BCUT2D eigenvalue weighted by Crippen LogP contribution is 2.22. The molecule has 1 aliphatic heterocycles. The summed E-state index contributed by atoms with van der Waals surface area (Å²) in [4.78, 5) is 28.8. The number of nitrogens with one attached hydrogen (secondary N) is 1. The molecule has 8 heteroatoms. The topological polar surface area (TPSA) is 80.3 Å². The number of benzene rings is 2. The van der Waals surface area contributed by atoms with Crippen LogP contribution in [0.25, 0.3) is 0 Å². The van der Waals surface area contributed by atoms with E-state index in [1.165, 1.54) is 6.92 Å². The molecule has 1 atom stereocenters. The molecule has 0 spiro atoms. The van der Waals surface area contributed by atoms with Crippen LogP contribution in [-0.2, 0) is 9.59 Å². The molecule has 0 saturated carbocycles. The lowest BCUT2D eigenvalue weighted by Crippen LogP contribution is -2.50. The number of carbonyl (C=O) groups is 2. The molecule has 1 aliphatic rings. The molecule has 1 heterocycles. The molecule has 8 nitrogen and oxygen atoms in total. The third-order valence-electron chi connectivity index (χ3n) is 5.74. The fourth-order valence-corrected chi connectivity index (χ4v) is 3.82. The summed E-state index contributed by atoms with van der Waals surface area (Å²) in [5.74, 6) is 2.23. The Hall–Kier alpha value is -3.26. The molecule has 1 saturated heterocycles. The van der Waals surface area contributed by atoms with E-state index in [0.717, 1.165) is 42.4 Å². The lowest BCUT2D eigenvalue weighted by molar-refractivity contribution is -0.133. The Morgan fingerprint density at radius 1 is 0.879 bits per heavy atom. The van der Waals surface area contributed by atoms with Crippen molar-refractivity contribution in [2.75, 3.05) is 53.6 Å². The van der Waals surface area contributed by atoms with Gasteiger partial charge in [0.1, 0.15) is 23.9 Å². The molecule has 1 unspecified atom stereocenters. The second kappa shape index (κ2) is 12.1. The molecule has 1 fully saturated rings. The summed E-state index contributed by atoms with van der Waals surface area (Å²) in [6.07, 6.45) is 0.229. The number of piperazine rings is 1. The van der Waals surface area contributed by atoms with Crippen LogP contribution < -0.4 is 19.5 Å². The fourth-order valence-electron chi connectivity index (χ4n) is 3.82. The van der Waals surface area contributed by atoms with Gasteiger partial charge in [-0.05, 0) is 42.0 Å². The van der Waals surface area contributed by atoms with Crippen molar-refractivity contribution in [2.45, 2.75) is 19.4 Å². The van der Waals surface area contributed by atoms with Gasteiger partial charge in [0.2, 0.25) is 11.8 Å². The first kappa shape index (κ1) is 24.4. The van der Waals surface area contributed by atoms with Crippen LogP contribution in [0.5, 0.6) is 17.2 Å². The number of ether oxygens (including phenoxy) is 3. The minimum atomic E-state index is -0.364. The third-order valence-corrected chi connectivity index (χ3v) is 5.74. The van der Waals surface area contributed by atoms with Gasteiger partial charge in [-0.3, -0.25) is 14.5 Å². The predicted molar refractivity (Wildman–Crippen MR) is 126 cm³/mol. The zero-order valence-electron chi connectivity index (χ0n) is 19.6. The number of rotatable bonds is 10. The number of hydrogen-bond donors (Lipinski definition) is 1. The minimum Gasteiger partial charge on any atom is -0.497 e. The van der Waals surface area contributed by atoms with Crippen LogP contribution in [-0.4, -0.2) is 75.2 Å². The van der Waals surface area contributed by atoms with E-state index >= 15 is 0 Å². The molecule has 0 aliphatic carbocycles. The summed E-state index contributed by atoms with van der Waals surface area (Å²) in [5.41, 5.74) is 0.883. The van der Waals surface area contributed by atoms with Crippen LogP contribution in [0.1, 0.15) is 24.9 Å². The molecule has 2 aromatic rings. The second-order valence-corrected chi connectivity index (χ2v) is 7.98. The summed E-state index contributed by atoms with van der Waals surface area (Å²) >= 11 is 0. The van der Waals surface area contributed by atoms with Gasteiger partial charge in [-0.2, -0.15) is 0 Å². The quantitative estimate of drug-likeness (QED) is 0.593. The van der Waals surface area contributed by atoms with Crippen LogP contribution in [0.15, 0.2) is 48.5 Å². The number of hydrogen-bond acceptors (Lipinski definition) is 6. The molecule has 0 bridgehead atoms. The monoisotopic (exact) mass is 455 g/mol. The van der Waals surface area contributed by atoms with Gasteiger partial charge in [0.25, 0.3) is 0 Å². The van der Waals surface area contributed by atoms with Gasteiger partial charge in [-0.25, -0.2) is 0 Å². The molecule has 2 aromatic carbocycles. The first-order chi connectivity index (χ1) is 16.0. The van der Waals surface area contributed by atoms with Crippen molar-refractivity contribution < 1.29 is 23.8 Å². The predicted octanol–water partition coefficient (Wildman–Crippen LogP) is 2.49. The van der Waals surface area contributed by atoms with Crippen molar-refractivity contribution in [2.24, 2.45) is 0 Å². The van der Waals surface area contributed by atoms with Crippen molar-refractivity contribution in [3.05, 3.63) is 54.1 Å². The van der Waals surface area contributed by atoms with E-state index in [9.17, 15) is 9.59 Å². The van der Waals surface area contributed by atoms with Gasteiger partial charge in [-0.1, -0.05) is 12.1 Å². The van der Waals surface area contributed by atoms with Crippen LogP contribution in [0.4, 0.5) is 0 Å². The maximum atomic E-state index is 12.9. The maximum absolute atomic E-state index is 12.9. The molecular weight excluding hydrogens is 422 g/mol. The number of carbonyl (C=O) groups excluding carboxylic acids is 2. The highest BCUT2D eigenvalue weighted by molar-refractivity contribution is 5.79. The van der Waals surface area contributed by atoms with Gasteiger partial charge >= 0.3 is 0 Å². The van der Waals surface area contributed by atoms with Crippen LogP contribution >= 0.6 is 0 Å². The SMILES string of the molecule is COc1ccc(OCCN2CCN(C(=O)CC(NC(C)=O)c3ccc(OC)cc3)CC2)cc1. The summed E-state index contributed by atoms with van der Waals surface area (Å²) < 4.78 is 16.2. The van der Waals surface area contributed by atoms with Crippen molar-refractivity contribution in [1.29, 1.82) is 0 Å². The average molecular weight is 456 g/mol. The molecular formula is C25H33N3O5. The maximum Gasteiger partial charge on any atom is 0.225 e. The third kappa shape index (κ3) is 7.39. The Kier molecular flexibility index (Phi) is 8.95. The Labute approximate surface area is 195 Å². The molecule has 2 amide bonds. The lowest BCUT2D eigenvalue weighted by atomic mass is 10.0. The lowest BCUT2D eigenvalue weighted by Gasteiger charge is -2.35. The molecule has 0 aromatic heterocycles. The number of methoxy groups -OCH3 is 2. The Morgan fingerprint density at radius 3 is 1.97 bits per heavy atom. The zero-order chi connectivity index (χ0) is 23.6. The van der Waals surface area contributed by atoms with E-state index in [1.54, 1.807) is 14.2 Å². The first-order valence-corrected chi connectivity index (χ1v) is 11.2. The Morgan fingerprint density at radius 2 is 1.42 bits per heavy atom. The molecule has 3 rings (SSSR count). The largest absolute Gasteiger partial charge is 0.497 e. The van der Waals surface area contributed by atoms with E-state index in [4.69, 9.17) is 14.2 Å². The summed E-state index contributed by atoms with van der Waals surface area (Å²) in [5, 5.41) is 2.90. The normalized spacial score (nSPS) is 14.9. The minimum absolute atomic E-state index is 0.0405. The van der Waals surface area contributed by atoms with E-state index in [-0.39, 0.29) is 24.3 Å². The van der Waals surface area contributed by atoms with Gasteiger partial charge in [0.05, 0.1) is 26.7 Å². The molecule has 0 radical (unpaired) electrons. The van der Waals surface area contributed by atoms with Crippen molar-refractivity contribution >= 4 is 11.8 Å². The summed E-state index contributed by atoms with van der Waals surface area (Å²) in [6.45, 7) is 5.77. The highest BCUT2D eigenvalue weighted by Gasteiger charge is 2.25. The number of amides is 2. The first-order valence-electron chi connectivity index (χ1n) is 11.2. The van der Waals surface area contributed by atoms with Gasteiger partial charge < -0.3 is 24.4 Å². The van der Waals surface area contributed by atoms with E-state index < -0.39 is 0 Å². The fraction of sp³-hybridized carbons (Fsp3) is 0.440. The van der Waals surface area contributed by atoms with Crippen LogP contribution in [0.3, 0.4) is 0 Å². The Balaban J connectivity index is 1.45. The van der Waals surface area contributed by atoms with Crippen molar-refractivity contribution in [3.8, 4) is 17.2 Å². The standard InChI is InChI=1S/C25H33N3O5/c1-19(29)26-24(20-4-6-21(31-2)7-5-20)18-25(30)28-14-12-27(13-15-28)16-17-33-23-10-8-22(32-3)9-11-23/h4-11,24H,12-18H2,1-3H3,(H,26,29). The second-order valence-electron chi connectivity index (χ2n) is 7.98. The van der Waals surface area contributed by atoms with E-state index in [2.05, 4.69) is 10.2 Å². The molecule has 178 valence electrons.